The lowest BCUT2D eigenvalue weighted by molar-refractivity contribution is -0.137. The largest absolute Gasteiger partial charge is 0.418 e. The fourth-order valence-electron chi connectivity index (χ4n) is 1.75. The van der Waals surface area contributed by atoms with E-state index in [2.05, 4.69) is 10.3 Å². The fraction of sp³-hybridized carbons (Fsp3) is 0.0769. The number of anilines is 2. The molecule has 110 valence electrons. The van der Waals surface area contributed by atoms with Crippen LogP contribution in [0.1, 0.15) is 15.9 Å². The van der Waals surface area contributed by atoms with Crippen molar-refractivity contribution in [2.75, 3.05) is 10.7 Å². The number of para-hydroxylation sites is 1. The van der Waals surface area contributed by atoms with Gasteiger partial charge in [0.05, 0.1) is 16.8 Å². The highest BCUT2D eigenvalue weighted by Crippen LogP contribution is 2.36. The van der Waals surface area contributed by atoms with E-state index in [1.54, 1.807) is 12.1 Å². The molecule has 0 bridgehead atoms. The van der Waals surface area contributed by atoms with Crippen molar-refractivity contribution < 1.29 is 18.0 Å². The lowest BCUT2D eigenvalue weighted by Gasteiger charge is -2.15. The Bertz CT molecular complexity index is 644. The number of alkyl halides is 3. The van der Waals surface area contributed by atoms with Gasteiger partial charge >= 0.3 is 6.18 Å². The molecule has 0 spiro atoms. The van der Waals surface area contributed by atoms with Crippen LogP contribution in [0.15, 0.2) is 42.6 Å². The number of nitrogens with zero attached hydrogens (tertiary/aromatic N) is 1. The molecule has 2 rings (SSSR count). The molecule has 0 unspecified atom stereocenters. The number of nitrogens with one attached hydrogen (secondary N) is 2. The average Bonchev–Trinajstić information content (AvgIpc) is 2.46. The topological polar surface area (TPSA) is 80.0 Å². The van der Waals surface area contributed by atoms with Crippen LogP contribution < -0.4 is 16.6 Å². The van der Waals surface area contributed by atoms with Gasteiger partial charge in [-0.05, 0) is 24.3 Å². The second kappa shape index (κ2) is 5.80. The van der Waals surface area contributed by atoms with E-state index in [-0.39, 0.29) is 11.4 Å². The molecule has 0 aliphatic rings. The van der Waals surface area contributed by atoms with Crippen LogP contribution in [0.4, 0.5) is 24.7 Å². The van der Waals surface area contributed by atoms with Gasteiger partial charge in [0, 0.05) is 6.20 Å². The second-order valence-electron chi connectivity index (χ2n) is 4.04. The number of benzene rings is 1. The Hall–Kier alpha value is -2.61. The minimum Gasteiger partial charge on any atom is -0.323 e. The Morgan fingerprint density at radius 3 is 2.48 bits per heavy atom. The highest BCUT2D eigenvalue weighted by molar-refractivity contribution is 6.08. The molecule has 1 aromatic heterocycles. The van der Waals surface area contributed by atoms with Crippen LogP contribution >= 0.6 is 0 Å². The average molecular weight is 296 g/mol. The first-order chi connectivity index (χ1) is 9.93. The molecular weight excluding hydrogens is 285 g/mol. The lowest BCUT2D eigenvalue weighted by Crippen LogP contribution is -2.21. The molecule has 0 aliphatic carbocycles. The summed E-state index contributed by atoms with van der Waals surface area (Å²) < 4.78 is 38.6. The molecule has 1 aromatic carbocycles. The van der Waals surface area contributed by atoms with Crippen molar-refractivity contribution in [2.24, 2.45) is 5.84 Å². The Morgan fingerprint density at radius 2 is 1.90 bits per heavy atom. The summed E-state index contributed by atoms with van der Waals surface area (Å²) in [5, 5.41) is 2.40. The third-order valence-corrected chi connectivity index (χ3v) is 2.67. The Morgan fingerprint density at radius 1 is 1.14 bits per heavy atom. The maximum atomic E-state index is 12.9. The molecule has 2 aromatic rings. The number of amides is 1. The highest BCUT2D eigenvalue weighted by atomic mass is 19.4. The summed E-state index contributed by atoms with van der Waals surface area (Å²) in [4.78, 5) is 15.9. The number of pyridine rings is 1. The van der Waals surface area contributed by atoms with E-state index in [0.717, 1.165) is 12.1 Å². The molecule has 0 radical (unpaired) electrons. The zero-order valence-corrected chi connectivity index (χ0v) is 10.6. The van der Waals surface area contributed by atoms with E-state index in [1.165, 1.54) is 18.3 Å². The minimum absolute atomic E-state index is 0.224. The van der Waals surface area contributed by atoms with E-state index in [1.807, 2.05) is 5.43 Å². The molecule has 1 heterocycles. The van der Waals surface area contributed by atoms with Crippen LogP contribution in [-0.4, -0.2) is 10.9 Å². The lowest BCUT2D eigenvalue weighted by atomic mass is 10.1. The van der Waals surface area contributed by atoms with Crippen molar-refractivity contribution in [3.63, 3.8) is 0 Å². The van der Waals surface area contributed by atoms with Gasteiger partial charge in [0.1, 0.15) is 5.82 Å². The van der Waals surface area contributed by atoms with Gasteiger partial charge in [-0.25, -0.2) is 4.98 Å². The zero-order chi connectivity index (χ0) is 15.5. The molecule has 1 amide bonds. The first kappa shape index (κ1) is 14.8. The first-order valence-electron chi connectivity index (χ1n) is 5.82. The van der Waals surface area contributed by atoms with E-state index in [0.29, 0.717) is 0 Å². The molecule has 5 nitrogen and oxygen atoms in total. The van der Waals surface area contributed by atoms with Gasteiger partial charge in [0.25, 0.3) is 5.91 Å². The van der Waals surface area contributed by atoms with Crippen molar-refractivity contribution in [1.29, 1.82) is 0 Å². The number of hydrogen-bond donors (Lipinski definition) is 3. The van der Waals surface area contributed by atoms with Gasteiger partial charge in [0.2, 0.25) is 0 Å². The Balaban J connectivity index is 2.38. The summed E-state index contributed by atoms with van der Waals surface area (Å²) in [6.07, 6.45) is -3.17. The summed E-state index contributed by atoms with van der Waals surface area (Å²) in [6.45, 7) is 0. The van der Waals surface area contributed by atoms with Gasteiger partial charge in [-0.15, -0.1) is 0 Å². The van der Waals surface area contributed by atoms with Crippen LogP contribution in [0.5, 0.6) is 0 Å². The predicted molar refractivity (Wildman–Crippen MR) is 71.4 cm³/mol. The van der Waals surface area contributed by atoms with Gasteiger partial charge in [-0.3, -0.25) is 10.6 Å². The maximum absolute atomic E-state index is 12.9. The number of carbonyl (C=O) groups is 1. The Labute approximate surface area is 118 Å². The summed E-state index contributed by atoms with van der Waals surface area (Å²) >= 11 is 0. The van der Waals surface area contributed by atoms with Crippen molar-refractivity contribution in [1.82, 2.24) is 4.98 Å². The quantitative estimate of drug-likeness (QED) is 0.601. The minimum atomic E-state index is -4.62. The summed E-state index contributed by atoms with van der Waals surface area (Å²) in [6, 6.07) is 8.01. The van der Waals surface area contributed by atoms with Gasteiger partial charge in [-0.2, -0.15) is 13.2 Å². The second-order valence-corrected chi connectivity index (χ2v) is 4.04. The molecule has 4 N–H and O–H groups in total. The van der Waals surface area contributed by atoms with E-state index >= 15 is 0 Å². The van der Waals surface area contributed by atoms with Crippen LogP contribution in [0.3, 0.4) is 0 Å². The summed E-state index contributed by atoms with van der Waals surface area (Å²) in [7, 11) is 0. The fourth-order valence-corrected chi connectivity index (χ4v) is 1.75. The highest BCUT2D eigenvalue weighted by Gasteiger charge is 2.35. The maximum Gasteiger partial charge on any atom is 0.418 e. The van der Waals surface area contributed by atoms with Crippen molar-refractivity contribution >= 4 is 17.4 Å². The smallest absolute Gasteiger partial charge is 0.323 e. The van der Waals surface area contributed by atoms with Crippen LogP contribution in [0.2, 0.25) is 0 Å². The molecule has 0 fully saturated rings. The number of nitrogen functional groups attached to an aromatic ring is 1. The molecular formula is C13H11F3N4O. The van der Waals surface area contributed by atoms with Gasteiger partial charge < -0.3 is 10.7 Å². The number of carbonyl (C=O) groups excluding carboxylic acids is 1. The monoisotopic (exact) mass is 296 g/mol. The van der Waals surface area contributed by atoms with Crippen LogP contribution in [0, 0.1) is 0 Å². The van der Waals surface area contributed by atoms with E-state index in [9.17, 15) is 18.0 Å². The molecule has 21 heavy (non-hydrogen) atoms. The van der Waals surface area contributed by atoms with Gasteiger partial charge in [-0.1, -0.05) is 12.1 Å². The number of rotatable bonds is 3. The van der Waals surface area contributed by atoms with Crippen molar-refractivity contribution in [3.05, 3.63) is 53.7 Å². The van der Waals surface area contributed by atoms with Crippen LogP contribution in [-0.2, 0) is 6.18 Å². The number of nitrogens with two attached hydrogens (primary N) is 1. The van der Waals surface area contributed by atoms with E-state index < -0.39 is 23.3 Å². The molecule has 8 heteroatoms. The number of aromatic nitrogens is 1. The van der Waals surface area contributed by atoms with Crippen LogP contribution in [0.25, 0.3) is 0 Å². The third-order valence-electron chi connectivity index (χ3n) is 2.67. The van der Waals surface area contributed by atoms with Crippen molar-refractivity contribution in [3.8, 4) is 0 Å². The summed E-state index contributed by atoms with van der Waals surface area (Å²) in [5.41, 5.74) is 0.209. The van der Waals surface area contributed by atoms with Crippen molar-refractivity contribution in [2.45, 2.75) is 6.18 Å². The SMILES string of the molecule is NNc1c(C(=O)Nc2ccccn2)cccc1C(F)(F)F. The number of hydrogen-bond acceptors (Lipinski definition) is 4. The number of halogens is 3. The third kappa shape index (κ3) is 3.29. The molecule has 0 atom stereocenters. The summed E-state index contributed by atoms with van der Waals surface area (Å²) in [5.74, 6) is 4.62. The zero-order valence-electron chi connectivity index (χ0n) is 10.6. The first-order valence-corrected chi connectivity index (χ1v) is 5.82. The molecule has 0 saturated carbocycles. The predicted octanol–water partition coefficient (Wildman–Crippen LogP) is 2.64. The molecule has 0 saturated heterocycles. The molecule has 0 aliphatic heterocycles. The Kier molecular flexibility index (Phi) is 4.08. The van der Waals surface area contributed by atoms with E-state index in [4.69, 9.17) is 5.84 Å². The number of hydrazine groups is 1. The standard InChI is InChI=1S/C13H11F3N4O/c14-13(15,16)9-5-3-4-8(11(9)20-17)12(21)19-10-6-1-2-7-18-10/h1-7,20H,17H2,(H,18,19,21). The normalized spacial score (nSPS) is 11.0. The van der Waals surface area contributed by atoms with Gasteiger partial charge in [0.15, 0.2) is 0 Å².